The molecule has 0 N–H and O–H groups in total. The first-order valence-corrected chi connectivity index (χ1v) is 18.9. The van der Waals surface area contributed by atoms with Crippen LogP contribution in [0, 0.1) is 31.1 Å². The Morgan fingerprint density at radius 3 is 2.17 bits per heavy atom. The van der Waals surface area contributed by atoms with Gasteiger partial charge in [0.2, 0.25) is 0 Å². The average Bonchev–Trinajstić information content (AvgIpc) is 3.21. The van der Waals surface area contributed by atoms with Crippen molar-refractivity contribution < 1.29 is 30.2 Å². The number of allylic oxidation sites excluding steroid dienone is 4. The van der Waals surface area contributed by atoms with E-state index in [1.165, 1.54) is 17.7 Å². The Kier molecular flexibility index (Phi) is 11.6. The molecule has 0 amide bonds. The van der Waals surface area contributed by atoms with Crippen LogP contribution >= 0.6 is 18.6 Å². The second kappa shape index (κ2) is 13.1. The van der Waals surface area contributed by atoms with Crippen molar-refractivity contribution in [2.75, 3.05) is 20.0 Å². The van der Waals surface area contributed by atoms with Crippen molar-refractivity contribution in [2.24, 2.45) is 23.7 Å². The Morgan fingerprint density at radius 1 is 1.09 bits per heavy atom. The van der Waals surface area contributed by atoms with Crippen LogP contribution in [0.5, 0.6) is 0 Å². The molecule has 1 saturated carbocycles. The molecule has 0 aromatic heterocycles. The average molecular weight is 581 g/mol. The van der Waals surface area contributed by atoms with E-state index in [1.807, 2.05) is 0 Å². The number of benzene rings is 1. The van der Waals surface area contributed by atoms with Gasteiger partial charge in [0, 0.05) is 0 Å². The topological polar surface area (TPSA) is 31.4 Å². The molecule has 4 atom stereocenters. The van der Waals surface area contributed by atoms with Crippen LogP contribution in [0.3, 0.4) is 0 Å². The molecule has 35 heavy (non-hydrogen) atoms. The van der Waals surface area contributed by atoms with E-state index in [4.69, 9.17) is 18.6 Å². The summed E-state index contributed by atoms with van der Waals surface area (Å²) in [5.74, 6) is 1.91. The Balaban J connectivity index is 0.00000103. The molecule has 3 aliphatic rings. The number of hydrogen-bond acceptors (Lipinski definition) is 1. The minimum absolute atomic E-state index is 0. The molecule has 4 rings (SSSR count). The van der Waals surface area contributed by atoms with Crippen LogP contribution < -0.4 is 0 Å². The van der Waals surface area contributed by atoms with E-state index in [2.05, 4.69) is 60.4 Å². The molecule has 2 aliphatic carbocycles. The molecule has 1 aromatic rings. The van der Waals surface area contributed by atoms with E-state index >= 15 is 0 Å². The minimum atomic E-state index is -4.30. The monoisotopic (exact) mass is 580 g/mol. The van der Waals surface area contributed by atoms with Crippen molar-refractivity contribution >= 4 is 32.4 Å². The van der Waals surface area contributed by atoms with Gasteiger partial charge in [-0.05, 0) is 58.9 Å². The van der Waals surface area contributed by atoms with E-state index in [0.717, 1.165) is 25.3 Å². The predicted octanol–water partition coefficient (Wildman–Crippen LogP) is 8.90. The summed E-state index contributed by atoms with van der Waals surface area (Å²) in [6, 6.07) is 5.72. The van der Waals surface area contributed by atoms with Gasteiger partial charge in [0.1, 0.15) is 8.24 Å². The third-order valence-electron chi connectivity index (χ3n) is 7.65. The summed E-state index contributed by atoms with van der Waals surface area (Å²) >= 11 is -0.556. The fraction of sp³-hybridized carbons (Fsp3) is 0.560. The van der Waals surface area contributed by atoms with Crippen molar-refractivity contribution in [1.82, 2.24) is 4.57 Å². The molecule has 192 valence electrons. The van der Waals surface area contributed by atoms with Gasteiger partial charge in [0.05, 0.1) is 5.56 Å². The summed E-state index contributed by atoms with van der Waals surface area (Å²) in [6.45, 7) is 11.7. The molecule has 0 bridgehead atoms. The Bertz CT molecular complexity index is 872. The fourth-order valence-electron chi connectivity index (χ4n) is 6.00. The summed E-state index contributed by atoms with van der Waals surface area (Å²) in [5, 5.41) is 9.07. The van der Waals surface area contributed by atoms with Gasteiger partial charge in [-0.1, -0.05) is 57.3 Å². The van der Waals surface area contributed by atoms with Crippen molar-refractivity contribution in [1.29, 1.82) is 0 Å². The van der Waals surface area contributed by atoms with Crippen LogP contribution in [0.15, 0.2) is 42.5 Å². The van der Waals surface area contributed by atoms with Gasteiger partial charge in [-0.15, -0.1) is 13.3 Å². The molecule has 1 aromatic carbocycles. The van der Waals surface area contributed by atoms with E-state index < -0.39 is 37.0 Å². The summed E-state index contributed by atoms with van der Waals surface area (Å²) in [7, 11) is 7.93. The molecule has 10 heteroatoms. The first kappa shape index (κ1) is 31.1. The van der Waals surface area contributed by atoms with Gasteiger partial charge < -0.3 is 22.6 Å². The molecule has 0 radical (unpaired) electrons. The van der Waals surface area contributed by atoms with Crippen LogP contribution in [-0.2, 0) is 23.2 Å². The van der Waals surface area contributed by atoms with E-state index in [0.29, 0.717) is 35.9 Å². The number of fused-ring (bicyclic) bond motifs is 1. The Hall–Kier alpha value is -0.119. The SMILES string of the molecule is CC(C)C1CC2C(c3ccc(C(F)(F)F)cc3)=CC=CC2C1[Si](C)(C)N1C[N-]C[N-]C1.[CH3-].[Cl][Ti+4][Cl]. The predicted molar refractivity (Wildman–Crippen MR) is 141 cm³/mol. The molecule has 4 unspecified atom stereocenters. The van der Waals surface area contributed by atoms with E-state index in [-0.39, 0.29) is 7.43 Å². The molecule has 1 heterocycles. The number of halogens is 5. The molecule has 2 fully saturated rings. The van der Waals surface area contributed by atoms with Crippen LogP contribution in [0.25, 0.3) is 16.2 Å². The molecular formula is C25H35Cl2F3N3SiTi+. The van der Waals surface area contributed by atoms with Gasteiger partial charge in [-0.25, -0.2) is 0 Å². The quantitative estimate of drug-likeness (QED) is 0.258. The molecule has 1 saturated heterocycles. The zero-order valence-corrected chi connectivity index (χ0v) is 25.1. The zero-order valence-electron chi connectivity index (χ0n) is 21.0. The molecule has 3 nitrogen and oxygen atoms in total. The summed E-state index contributed by atoms with van der Waals surface area (Å²) < 4.78 is 41.6. The molecular weight excluding hydrogens is 546 g/mol. The standard InChI is InChI=1S/C24H32F3N3Si.CH3.2ClH.Ti/c1-16(2)21-12-22-19(17-8-10-18(11-9-17)24(25,26)27)6-5-7-20(22)23(21)31(3,4)30-14-28-13-29-15-30;;;;/h5-11,16,20-23H,12-15H2,1-4H3;1H3;2*1H;/q-2;-1;;;+6/p-2. The van der Waals surface area contributed by atoms with E-state index in [9.17, 15) is 13.2 Å². The van der Waals surface area contributed by atoms with Crippen LogP contribution in [-0.4, -0.2) is 32.8 Å². The normalized spacial score (nSPS) is 27.1. The van der Waals surface area contributed by atoms with Gasteiger partial charge >= 0.3 is 41.8 Å². The second-order valence-electron chi connectivity index (χ2n) is 10.1. The first-order valence-electron chi connectivity index (χ1n) is 11.6. The van der Waals surface area contributed by atoms with Gasteiger partial charge in [-0.2, -0.15) is 13.2 Å². The van der Waals surface area contributed by atoms with Crippen molar-refractivity contribution in [2.45, 2.75) is 45.1 Å². The van der Waals surface area contributed by atoms with Crippen molar-refractivity contribution in [3.8, 4) is 0 Å². The molecule has 1 aliphatic heterocycles. The summed E-state index contributed by atoms with van der Waals surface area (Å²) in [5.41, 5.74) is 2.08. The Morgan fingerprint density at radius 2 is 1.66 bits per heavy atom. The number of rotatable bonds is 4. The van der Waals surface area contributed by atoms with Gasteiger partial charge in [-0.3, -0.25) is 6.67 Å². The van der Waals surface area contributed by atoms with Crippen LogP contribution in [0.2, 0.25) is 18.6 Å². The van der Waals surface area contributed by atoms with Crippen LogP contribution in [0.1, 0.15) is 31.4 Å². The molecule has 0 spiro atoms. The summed E-state index contributed by atoms with van der Waals surface area (Å²) in [6.07, 6.45) is 3.38. The maximum atomic E-state index is 13.0. The van der Waals surface area contributed by atoms with Gasteiger partial charge in [0.25, 0.3) is 0 Å². The summed E-state index contributed by atoms with van der Waals surface area (Å²) in [4.78, 5) is 0. The third-order valence-corrected chi connectivity index (χ3v) is 12.0. The van der Waals surface area contributed by atoms with Crippen molar-refractivity contribution in [3.05, 3.63) is 71.7 Å². The van der Waals surface area contributed by atoms with E-state index in [1.54, 1.807) is 12.1 Å². The Labute approximate surface area is 226 Å². The van der Waals surface area contributed by atoms with Crippen LogP contribution in [0.4, 0.5) is 13.2 Å². The number of nitrogens with zero attached hydrogens (tertiary/aromatic N) is 3. The first-order chi connectivity index (χ1) is 16.0. The van der Waals surface area contributed by atoms with Crippen molar-refractivity contribution in [3.63, 3.8) is 0 Å². The maximum absolute atomic E-state index is 13.0. The zero-order chi connectivity index (χ0) is 25.1. The second-order valence-corrected chi connectivity index (χ2v) is 17.3. The third kappa shape index (κ3) is 7.05. The number of hydrogen-bond donors (Lipinski definition) is 0. The number of alkyl halides is 3. The van der Waals surface area contributed by atoms with Gasteiger partial charge in [0.15, 0.2) is 0 Å². The fourth-order valence-corrected chi connectivity index (χ4v) is 10.2.